The van der Waals surface area contributed by atoms with Gasteiger partial charge in [0.25, 0.3) is 5.97 Å². The minimum absolute atomic E-state index is 0.435. The summed E-state index contributed by atoms with van der Waals surface area (Å²) in [4.78, 5) is 11.1. The maximum absolute atomic E-state index is 9.00. The number of rotatable bonds is 7. The molecule has 0 spiro atoms. The molecular weight excluding hydrogens is 406 g/mol. The highest BCUT2D eigenvalue weighted by atomic mass is 35.5. The zero-order chi connectivity index (χ0) is 21.8. The van der Waals surface area contributed by atoms with Crippen molar-refractivity contribution in [2.24, 2.45) is 16.9 Å². The molecule has 162 valence electrons. The second-order valence-electron chi connectivity index (χ2n) is 6.93. The number of hydrogen-bond acceptors (Lipinski definition) is 5. The molecule has 7 nitrogen and oxygen atoms in total. The molecule has 0 aliphatic carbocycles. The number of carboxylic acid groups (broad SMARTS) is 1. The number of hydrazone groups is 1. The van der Waals surface area contributed by atoms with Gasteiger partial charge in [0.05, 0.1) is 6.61 Å². The Bertz CT molecular complexity index is 820. The lowest BCUT2D eigenvalue weighted by atomic mass is 9.98. The Labute approximate surface area is 182 Å². The number of benzene rings is 2. The lowest BCUT2D eigenvalue weighted by molar-refractivity contribution is -0.134. The quantitative estimate of drug-likeness (QED) is 0.296. The molecule has 0 aromatic heterocycles. The summed E-state index contributed by atoms with van der Waals surface area (Å²) in [6.07, 6.45) is 3.86. The summed E-state index contributed by atoms with van der Waals surface area (Å²) in [6, 6.07) is 15.4. The van der Waals surface area contributed by atoms with E-state index in [0.717, 1.165) is 49.9 Å². The summed E-state index contributed by atoms with van der Waals surface area (Å²) in [7, 11) is 0. The summed E-state index contributed by atoms with van der Waals surface area (Å²) >= 11 is 6.16. The first kappa shape index (κ1) is 23.3. The van der Waals surface area contributed by atoms with Crippen LogP contribution in [0.3, 0.4) is 0 Å². The van der Waals surface area contributed by atoms with E-state index in [0.29, 0.717) is 24.2 Å². The van der Waals surface area contributed by atoms with Crippen molar-refractivity contribution < 1.29 is 19.4 Å². The standard InChI is InChI=1S/C20H24ClN3O2.C2H4O2/c21-20-7-2-1-4-17(20)14-26-19-6-3-5-18(12-19)25-13-16-8-10-24(11-9-16)15-23-22;1-2(3)4/h1-7,12,15-16H,8-11,13-14,22H2;1H3,(H,3,4). The number of nitrogens with zero attached hydrogens (tertiary/aromatic N) is 2. The largest absolute Gasteiger partial charge is 0.493 e. The third kappa shape index (κ3) is 8.61. The molecule has 1 aliphatic rings. The van der Waals surface area contributed by atoms with Gasteiger partial charge in [-0.1, -0.05) is 35.9 Å². The van der Waals surface area contributed by atoms with E-state index < -0.39 is 5.97 Å². The summed E-state index contributed by atoms with van der Waals surface area (Å²) in [5.74, 6) is 6.51. The highest BCUT2D eigenvalue weighted by Crippen LogP contribution is 2.24. The molecule has 30 heavy (non-hydrogen) atoms. The van der Waals surface area contributed by atoms with Crippen molar-refractivity contribution >= 4 is 23.9 Å². The van der Waals surface area contributed by atoms with Crippen LogP contribution in [0.5, 0.6) is 11.5 Å². The molecule has 0 unspecified atom stereocenters. The predicted molar refractivity (Wildman–Crippen MR) is 118 cm³/mol. The monoisotopic (exact) mass is 433 g/mol. The van der Waals surface area contributed by atoms with E-state index in [4.69, 9.17) is 36.8 Å². The fourth-order valence-electron chi connectivity index (χ4n) is 2.97. The first-order valence-electron chi connectivity index (χ1n) is 9.74. The lowest BCUT2D eigenvalue weighted by Gasteiger charge is -2.30. The summed E-state index contributed by atoms with van der Waals surface area (Å²) < 4.78 is 11.8. The molecule has 0 atom stereocenters. The van der Waals surface area contributed by atoms with E-state index >= 15 is 0 Å². The van der Waals surface area contributed by atoms with Crippen LogP contribution in [0, 0.1) is 5.92 Å². The van der Waals surface area contributed by atoms with E-state index in [-0.39, 0.29) is 0 Å². The van der Waals surface area contributed by atoms with Gasteiger partial charge in [0, 0.05) is 36.7 Å². The smallest absolute Gasteiger partial charge is 0.300 e. The van der Waals surface area contributed by atoms with Crippen molar-refractivity contribution in [1.82, 2.24) is 4.90 Å². The first-order chi connectivity index (χ1) is 14.5. The fourth-order valence-corrected chi connectivity index (χ4v) is 3.16. The fraction of sp³-hybridized carbons (Fsp3) is 0.364. The Hall–Kier alpha value is -2.93. The Balaban J connectivity index is 0.000000735. The number of carboxylic acids is 1. The van der Waals surface area contributed by atoms with Crippen LogP contribution in [0.1, 0.15) is 25.3 Å². The van der Waals surface area contributed by atoms with Gasteiger partial charge < -0.3 is 25.3 Å². The third-order valence-electron chi connectivity index (χ3n) is 4.52. The molecule has 1 saturated heterocycles. The molecule has 0 radical (unpaired) electrons. The van der Waals surface area contributed by atoms with Crippen LogP contribution in [-0.2, 0) is 11.4 Å². The van der Waals surface area contributed by atoms with Crippen LogP contribution in [0.15, 0.2) is 53.6 Å². The van der Waals surface area contributed by atoms with Crippen LogP contribution < -0.4 is 15.3 Å². The normalized spacial score (nSPS) is 14.1. The minimum atomic E-state index is -0.833. The second kappa shape index (κ2) is 12.6. The topological polar surface area (TPSA) is 97.4 Å². The molecule has 8 heteroatoms. The van der Waals surface area contributed by atoms with Gasteiger partial charge in [-0.05, 0) is 37.0 Å². The second-order valence-corrected chi connectivity index (χ2v) is 7.34. The average molecular weight is 434 g/mol. The van der Waals surface area contributed by atoms with Crippen molar-refractivity contribution in [3.05, 3.63) is 59.1 Å². The van der Waals surface area contributed by atoms with E-state index in [2.05, 4.69) is 10.0 Å². The van der Waals surface area contributed by atoms with E-state index in [1.54, 1.807) is 6.34 Å². The molecule has 2 aromatic carbocycles. The van der Waals surface area contributed by atoms with Crippen molar-refractivity contribution in [2.75, 3.05) is 19.7 Å². The van der Waals surface area contributed by atoms with Crippen LogP contribution in [-0.4, -0.2) is 42.0 Å². The van der Waals surface area contributed by atoms with E-state index in [1.165, 1.54) is 0 Å². The molecular formula is C22H28ClN3O4. The maximum atomic E-state index is 9.00. The van der Waals surface area contributed by atoms with Crippen LogP contribution in [0.4, 0.5) is 0 Å². The third-order valence-corrected chi connectivity index (χ3v) is 4.89. The first-order valence-corrected chi connectivity index (χ1v) is 10.1. The molecule has 2 aromatic rings. The number of halogens is 1. The van der Waals surface area contributed by atoms with Crippen molar-refractivity contribution in [2.45, 2.75) is 26.4 Å². The highest BCUT2D eigenvalue weighted by molar-refractivity contribution is 6.31. The van der Waals surface area contributed by atoms with Gasteiger partial charge in [-0.25, -0.2) is 0 Å². The van der Waals surface area contributed by atoms with Gasteiger partial charge in [-0.2, -0.15) is 5.10 Å². The number of nitrogens with two attached hydrogens (primary N) is 1. The van der Waals surface area contributed by atoms with Gasteiger partial charge in [0.15, 0.2) is 0 Å². The zero-order valence-electron chi connectivity index (χ0n) is 17.0. The predicted octanol–water partition coefficient (Wildman–Crippen LogP) is 4.00. The van der Waals surface area contributed by atoms with Crippen LogP contribution >= 0.6 is 11.6 Å². The maximum Gasteiger partial charge on any atom is 0.300 e. The number of aliphatic carboxylic acids is 1. The molecule has 0 bridgehead atoms. The summed E-state index contributed by atoms with van der Waals surface area (Å²) in [5, 5.41) is 11.7. The van der Waals surface area contributed by atoms with Crippen LogP contribution in [0.2, 0.25) is 5.02 Å². The Morgan fingerprint density at radius 2 is 1.83 bits per heavy atom. The average Bonchev–Trinajstić information content (AvgIpc) is 2.73. The highest BCUT2D eigenvalue weighted by Gasteiger charge is 2.18. The molecule has 1 fully saturated rings. The Morgan fingerprint density at radius 1 is 1.20 bits per heavy atom. The molecule has 3 N–H and O–H groups in total. The number of hydrogen-bond donors (Lipinski definition) is 2. The number of carbonyl (C=O) groups is 1. The summed E-state index contributed by atoms with van der Waals surface area (Å²) in [6.45, 7) is 4.16. The molecule has 1 aliphatic heterocycles. The Morgan fingerprint density at radius 3 is 2.47 bits per heavy atom. The van der Waals surface area contributed by atoms with Gasteiger partial charge in [-0.3, -0.25) is 4.79 Å². The minimum Gasteiger partial charge on any atom is -0.493 e. The molecule has 0 amide bonds. The van der Waals surface area contributed by atoms with Crippen molar-refractivity contribution in [3.63, 3.8) is 0 Å². The molecule has 1 heterocycles. The number of ether oxygens (including phenoxy) is 2. The zero-order valence-corrected chi connectivity index (χ0v) is 17.8. The van der Waals surface area contributed by atoms with Crippen LogP contribution in [0.25, 0.3) is 0 Å². The van der Waals surface area contributed by atoms with Gasteiger partial charge >= 0.3 is 0 Å². The van der Waals surface area contributed by atoms with Gasteiger partial charge in [0.2, 0.25) is 0 Å². The molecule has 3 rings (SSSR count). The lowest BCUT2D eigenvalue weighted by Crippen LogP contribution is -2.34. The van der Waals surface area contributed by atoms with E-state index in [9.17, 15) is 0 Å². The Kier molecular flexibility index (Phi) is 9.80. The SMILES string of the molecule is CC(=O)O.NN=CN1CCC(COc2cccc(OCc3ccccc3Cl)c2)CC1. The number of likely N-dealkylation sites (tertiary alicyclic amines) is 1. The summed E-state index contributed by atoms with van der Waals surface area (Å²) in [5.41, 5.74) is 0.966. The molecule has 0 saturated carbocycles. The van der Waals surface area contributed by atoms with Gasteiger partial charge in [0.1, 0.15) is 24.4 Å². The van der Waals surface area contributed by atoms with Gasteiger partial charge in [-0.15, -0.1) is 0 Å². The van der Waals surface area contributed by atoms with E-state index in [1.807, 2.05) is 48.5 Å². The van der Waals surface area contributed by atoms with Crippen molar-refractivity contribution in [3.8, 4) is 11.5 Å². The number of piperidine rings is 1. The van der Waals surface area contributed by atoms with Crippen molar-refractivity contribution in [1.29, 1.82) is 0 Å².